The number of halogens is 1. The van der Waals surface area contributed by atoms with Crippen LogP contribution in [0.5, 0.6) is 5.75 Å². The Balaban J connectivity index is 1.76. The summed E-state index contributed by atoms with van der Waals surface area (Å²) >= 11 is 5.01. The summed E-state index contributed by atoms with van der Waals surface area (Å²) in [6.07, 6.45) is 3.62. The maximum absolute atomic E-state index is 11.6. The molecule has 0 fully saturated rings. The van der Waals surface area contributed by atoms with Crippen LogP contribution in [0.2, 0.25) is 0 Å². The van der Waals surface area contributed by atoms with Gasteiger partial charge in [-0.15, -0.1) is 11.8 Å². The van der Waals surface area contributed by atoms with Gasteiger partial charge in [0, 0.05) is 9.37 Å². The Kier molecular flexibility index (Phi) is 6.48. The number of rotatable bonds is 6. The lowest BCUT2D eigenvalue weighted by atomic mass is 10.2. The summed E-state index contributed by atoms with van der Waals surface area (Å²) in [6, 6.07) is 15.2. The molecule has 0 bridgehead atoms. The van der Waals surface area contributed by atoms with E-state index in [4.69, 9.17) is 4.74 Å². The van der Waals surface area contributed by atoms with E-state index in [-0.39, 0.29) is 12.5 Å². The number of nitrogens with zero attached hydrogens (tertiary/aromatic N) is 1. The molecule has 0 aromatic heterocycles. The number of hydrogen-bond donors (Lipinski definition) is 1. The number of amides is 1. The van der Waals surface area contributed by atoms with E-state index in [0.717, 1.165) is 10.0 Å². The third-order valence-electron chi connectivity index (χ3n) is 2.70. The number of carbonyl (C=O) groups is 1. The van der Waals surface area contributed by atoms with Crippen LogP contribution in [0.25, 0.3) is 0 Å². The molecule has 0 aliphatic carbocycles. The van der Waals surface area contributed by atoms with Crippen molar-refractivity contribution in [3.8, 4) is 5.75 Å². The first kappa shape index (κ1) is 16.6. The van der Waals surface area contributed by atoms with Crippen molar-refractivity contribution in [3.05, 3.63) is 58.6 Å². The summed E-state index contributed by atoms with van der Waals surface area (Å²) in [5.74, 6) is 0.329. The zero-order chi connectivity index (χ0) is 15.8. The number of ether oxygens (including phenoxy) is 1. The van der Waals surface area contributed by atoms with E-state index < -0.39 is 0 Å². The summed E-state index contributed by atoms with van der Waals surface area (Å²) in [7, 11) is 0. The van der Waals surface area contributed by atoms with Gasteiger partial charge in [-0.25, -0.2) is 5.43 Å². The van der Waals surface area contributed by atoms with Crippen LogP contribution in [-0.4, -0.2) is 25.0 Å². The topological polar surface area (TPSA) is 50.7 Å². The third-order valence-corrected chi connectivity index (χ3v) is 3.97. The van der Waals surface area contributed by atoms with Crippen molar-refractivity contribution in [2.45, 2.75) is 4.90 Å². The lowest BCUT2D eigenvalue weighted by Gasteiger charge is -2.04. The van der Waals surface area contributed by atoms with Gasteiger partial charge in [0.05, 0.1) is 6.21 Å². The van der Waals surface area contributed by atoms with Crippen LogP contribution in [0.1, 0.15) is 5.56 Å². The number of hydrogen-bond acceptors (Lipinski definition) is 4. The van der Waals surface area contributed by atoms with Crippen LogP contribution >= 0.6 is 27.7 Å². The van der Waals surface area contributed by atoms with Crippen LogP contribution in [0.3, 0.4) is 0 Å². The molecule has 0 saturated carbocycles. The number of thioether (sulfide) groups is 1. The Morgan fingerprint density at radius 2 is 1.91 bits per heavy atom. The molecular weight excluding hydrogens is 364 g/mol. The van der Waals surface area contributed by atoms with E-state index in [1.54, 1.807) is 30.1 Å². The summed E-state index contributed by atoms with van der Waals surface area (Å²) in [4.78, 5) is 12.8. The molecule has 2 aromatic carbocycles. The molecule has 0 aliphatic rings. The molecule has 6 heteroatoms. The molecule has 0 spiro atoms. The standard InChI is InChI=1S/C16H15BrN2O2S/c1-22-15-8-2-12(3-9-15)10-18-19-16(20)11-21-14-6-4-13(17)5-7-14/h2-10H,11H2,1H3,(H,19,20)/b18-10+. The second-order valence-corrected chi connectivity index (χ2v) is 6.10. The SMILES string of the molecule is CSc1ccc(/C=N/NC(=O)COc2ccc(Br)cc2)cc1. The van der Waals surface area contributed by atoms with Crippen molar-refractivity contribution >= 4 is 39.8 Å². The predicted octanol–water partition coefficient (Wildman–Crippen LogP) is 3.70. The van der Waals surface area contributed by atoms with Gasteiger partial charge >= 0.3 is 0 Å². The molecule has 4 nitrogen and oxygen atoms in total. The van der Waals surface area contributed by atoms with Gasteiger partial charge in [0.25, 0.3) is 5.91 Å². The molecule has 2 aromatic rings. The van der Waals surface area contributed by atoms with Gasteiger partial charge < -0.3 is 4.74 Å². The lowest BCUT2D eigenvalue weighted by Crippen LogP contribution is -2.24. The third kappa shape index (κ3) is 5.54. The predicted molar refractivity (Wildman–Crippen MR) is 93.6 cm³/mol. The molecule has 2 rings (SSSR count). The molecule has 0 atom stereocenters. The minimum absolute atomic E-state index is 0.0790. The molecule has 0 aliphatic heterocycles. The van der Waals surface area contributed by atoms with Crippen molar-refractivity contribution < 1.29 is 9.53 Å². The minimum atomic E-state index is -0.306. The maximum Gasteiger partial charge on any atom is 0.277 e. The number of hydrazone groups is 1. The maximum atomic E-state index is 11.6. The molecule has 1 N–H and O–H groups in total. The number of nitrogens with one attached hydrogen (secondary N) is 1. The highest BCUT2D eigenvalue weighted by Gasteiger charge is 2.01. The highest BCUT2D eigenvalue weighted by Crippen LogP contribution is 2.16. The van der Waals surface area contributed by atoms with Gasteiger partial charge in [-0.2, -0.15) is 5.10 Å². The average molecular weight is 379 g/mol. The first-order valence-corrected chi connectivity index (χ1v) is 8.53. The summed E-state index contributed by atoms with van der Waals surface area (Å²) in [5.41, 5.74) is 3.36. The fourth-order valence-electron chi connectivity index (χ4n) is 1.58. The van der Waals surface area contributed by atoms with Gasteiger partial charge in [0.2, 0.25) is 0 Å². The summed E-state index contributed by atoms with van der Waals surface area (Å²) in [5, 5.41) is 3.90. The Hall–Kier alpha value is -1.79. The van der Waals surface area contributed by atoms with E-state index in [1.165, 1.54) is 4.90 Å². The van der Waals surface area contributed by atoms with Gasteiger partial charge in [-0.1, -0.05) is 28.1 Å². The molecule has 114 valence electrons. The van der Waals surface area contributed by atoms with Crippen molar-refractivity contribution in [2.75, 3.05) is 12.9 Å². The highest BCUT2D eigenvalue weighted by atomic mass is 79.9. The van der Waals surface area contributed by atoms with Crippen molar-refractivity contribution in [1.29, 1.82) is 0 Å². The van der Waals surface area contributed by atoms with Gasteiger partial charge in [-0.05, 0) is 48.2 Å². The van der Waals surface area contributed by atoms with Crippen molar-refractivity contribution in [2.24, 2.45) is 5.10 Å². The van der Waals surface area contributed by atoms with E-state index in [2.05, 4.69) is 26.5 Å². The fourth-order valence-corrected chi connectivity index (χ4v) is 2.25. The van der Waals surface area contributed by atoms with Crippen LogP contribution < -0.4 is 10.2 Å². The Bertz CT molecular complexity index is 642. The summed E-state index contributed by atoms with van der Waals surface area (Å²) < 4.78 is 6.31. The van der Waals surface area contributed by atoms with Crippen LogP contribution in [0, 0.1) is 0 Å². The normalized spacial score (nSPS) is 10.6. The molecule has 0 unspecified atom stereocenters. The van der Waals surface area contributed by atoms with Crippen molar-refractivity contribution in [3.63, 3.8) is 0 Å². The fraction of sp³-hybridized carbons (Fsp3) is 0.125. The zero-order valence-electron chi connectivity index (χ0n) is 12.0. The lowest BCUT2D eigenvalue weighted by molar-refractivity contribution is -0.123. The van der Waals surface area contributed by atoms with Gasteiger partial charge in [0.15, 0.2) is 6.61 Å². The van der Waals surface area contributed by atoms with E-state index in [9.17, 15) is 4.79 Å². The largest absolute Gasteiger partial charge is 0.484 e. The Labute approximate surface area is 142 Å². The van der Waals surface area contributed by atoms with E-state index >= 15 is 0 Å². The zero-order valence-corrected chi connectivity index (χ0v) is 14.4. The monoisotopic (exact) mass is 378 g/mol. The molecule has 0 saturated heterocycles. The highest BCUT2D eigenvalue weighted by molar-refractivity contribution is 9.10. The van der Waals surface area contributed by atoms with Crippen LogP contribution in [0.4, 0.5) is 0 Å². The van der Waals surface area contributed by atoms with Crippen LogP contribution in [-0.2, 0) is 4.79 Å². The molecule has 22 heavy (non-hydrogen) atoms. The first-order valence-electron chi connectivity index (χ1n) is 6.52. The molecule has 1 amide bonds. The Morgan fingerprint density at radius 3 is 2.55 bits per heavy atom. The molecule has 0 radical (unpaired) electrons. The Morgan fingerprint density at radius 1 is 1.23 bits per heavy atom. The van der Waals surface area contributed by atoms with Crippen molar-refractivity contribution in [1.82, 2.24) is 5.43 Å². The van der Waals surface area contributed by atoms with Crippen LogP contribution in [0.15, 0.2) is 63.0 Å². The van der Waals surface area contributed by atoms with Gasteiger partial charge in [-0.3, -0.25) is 4.79 Å². The minimum Gasteiger partial charge on any atom is -0.484 e. The smallest absolute Gasteiger partial charge is 0.277 e. The van der Waals surface area contributed by atoms with E-state index in [1.807, 2.05) is 42.7 Å². The molecule has 0 heterocycles. The quantitative estimate of drug-likeness (QED) is 0.473. The van der Waals surface area contributed by atoms with E-state index in [0.29, 0.717) is 5.75 Å². The average Bonchev–Trinajstić information content (AvgIpc) is 2.55. The second kappa shape index (κ2) is 8.60. The van der Waals surface area contributed by atoms with Gasteiger partial charge in [0.1, 0.15) is 5.75 Å². The second-order valence-electron chi connectivity index (χ2n) is 4.31. The summed E-state index contributed by atoms with van der Waals surface area (Å²) in [6.45, 7) is -0.0790. The molecular formula is C16H15BrN2O2S. The number of benzene rings is 2. The number of carbonyl (C=O) groups excluding carboxylic acids is 1. The first-order chi connectivity index (χ1) is 10.7.